The zero-order valence-electron chi connectivity index (χ0n) is 15.7. The smallest absolute Gasteiger partial charge is 0.266 e. The van der Waals surface area contributed by atoms with E-state index in [2.05, 4.69) is 10.3 Å². The lowest BCUT2D eigenvalue weighted by molar-refractivity contribution is -0.115. The molecular formula is C23H17ClN2O3S. The third-order valence-corrected chi connectivity index (χ3v) is 5.80. The molecule has 7 heteroatoms. The molecule has 0 spiro atoms. The minimum absolute atomic E-state index is 0.0874. The molecule has 3 aromatic carbocycles. The fourth-order valence-electron chi connectivity index (χ4n) is 3.04. The highest BCUT2D eigenvalue weighted by molar-refractivity contribution is 7.99. The predicted molar refractivity (Wildman–Crippen MR) is 121 cm³/mol. The highest BCUT2D eigenvalue weighted by atomic mass is 35.5. The fraction of sp³-hybridized carbons (Fsp3) is 0.0435. The Morgan fingerprint density at radius 2 is 1.77 bits per heavy atom. The molecule has 0 atom stereocenters. The lowest BCUT2D eigenvalue weighted by atomic mass is 10.1. The van der Waals surface area contributed by atoms with E-state index in [9.17, 15) is 14.7 Å². The molecule has 150 valence electrons. The van der Waals surface area contributed by atoms with Gasteiger partial charge in [0.15, 0.2) is 0 Å². The monoisotopic (exact) mass is 436 g/mol. The largest absolute Gasteiger partial charge is 0.506 e. The lowest BCUT2D eigenvalue weighted by Crippen LogP contribution is -2.14. The molecule has 0 saturated heterocycles. The van der Waals surface area contributed by atoms with Gasteiger partial charge in [0.05, 0.1) is 11.9 Å². The summed E-state index contributed by atoms with van der Waals surface area (Å²) in [5.74, 6) is -0.195. The molecule has 0 unspecified atom stereocenters. The Bertz CT molecular complexity index is 1270. The van der Waals surface area contributed by atoms with Gasteiger partial charge < -0.3 is 15.4 Å². The van der Waals surface area contributed by atoms with Crippen LogP contribution in [0.3, 0.4) is 0 Å². The summed E-state index contributed by atoms with van der Waals surface area (Å²) in [5, 5.41) is 14.4. The van der Waals surface area contributed by atoms with Crippen LogP contribution in [0.25, 0.3) is 10.9 Å². The summed E-state index contributed by atoms with van der Waals surface area (Å²) >= 11 is 7.10. The number of fused-ring (bicyclic) bond motifs is 1. The van der Waals surface area contributed by atoms with Gasteiger partial charge >= 0.3 is 0 Å². The SMILES string of the molecule is O=C(Cc1ccccc1)Nc1ccc(Sc2c(O)c3ccc(Cl)cc3[nH]c2=O)cc1. The fourth-order valence-corrected chi connectivity index (χ4v) is 4.07. The van der Waals surface area contributed by atoms with Crippen molar-refractivity contribution in [2.24, 2.45) is 0 Å². The van der Waals surface area contributed by atoms with E-state index in [1.54, 1.807) is 42.5 Å². The molecule has 0 aliphatic rings. The number of halogens is 1. The number of hydrogen-bond acceptors (Lipinski definition) is 4. The first-order valence-corrected chi connectivity index (χ1v) is 10.4. The Morgan fingerprint density at radius 1 is 1.03 bits per heavy atom. The number of carbonyl (C=O) groups is 1. The maximum Gasteiger partial charge on any atom is 0.266 e. The summed E-state index contributed by atoms with van der Waals surface area (Å²) in [5.41, 5.74) is 1.68. The second-order valence-corrected chi connectivity index (χ2v) is 8.18. The van der Waals surface area contributed by atoms with Crippen molar-refractivity contribution in [2.75, 3.05) is 5.32 Å². The van der Waals surface area contributed by atoms with Crippen molar-refractivity contribution in [1.82, 2.24) is 4.98 Å². The van der Waals surface area contributed by atoms with Crippen molar-refractivity contribution in [3.63, 3.8) is 0 Å². The Labute approximate surface area is 181 Å². The molecule has 5 nitrogen and oxygen atoms in total. The topological polar surface area (TPSA) is 82.2 Å². The van der Waals surface area contributed by atoms with Crippen LogP contribution in [0.5, 0.6) is 5.75 Å². The van der Waals surface area contributed by atoms with Crippen molar-refractivity contribution in [3.8, 4) is 5.75 Å². The van der Waals surface area contributed by atoms with E-state index in [4.69, 9.17) is 11.6 Å². The summed E-state index contributed by atoms with van der Waals surface area (Å²) in [6.45, 7) is 0. The molecule has 0 saturated carbocycles. The molecule has 0 fully saturated rings. The highest BCUT2D eigenvalue weighted by Crippen LogP contribution is 2.36. The summed E-state index contributed by atoms with van der Waals surface area (Å²) in [4.78, 5) is 28.3. The van der Waals surface area contributed by atoms with Crippen LogP contribution in [0.15, 0.2) is 87.4 Å². The zero-order valence-corrected chi connectivity index (χ0v) is 17.3. The summed E-state index contributed by atoms with van der Waals surface area (Å²) in [6, 6.07) is 21.5. The van der Waals surface area contributed by atoms with Crippen molar-refractivity contribution < 1.29 is 9.90 Å². The van der Waals surface area contributed by atoms with Gasteiger partial charge in [-0.2, -0.15) is 0 Å². The second kappa shape index (κ2) is 8.65. The standard InChI is InChI=1S/C23H17ClN2O3S/c24-15-6-11-18-19(13-15)26-23(29)22(21(18)28)30-17-9-7-16(8-10-17)25-20(27)12-14-4-2-1-3-5-14/h1-11,13H,12H2,(H,25,27)(H2,26,28,29). The maximum absolute atomic E-state index is 12.4. The van der Waals surface area contributed by atoms with Crippen LogP contribution in [0, 0.1) is 0 Å². The van der Waals surface area contributed by atoms with E-state index in [0.717, 1.165) is 22.2 Å². The molecule has 0 bridgehead atoms. The third kappa shape index (κ3) is 4.50. The minimum atomic E-state index is -0.396. The summed E-state index contributed by atoms with van der Waals surface area (Å²) in [7, 11) is 0. The van der Waals surface area contributed by atoms with Gasteiger partial charge in [-0.15, -0.1) is 0 Å². The lowest BCUT2D eigenvalue weighted by Gasteiger charge is -2.09. The molecule has 1 amide bonds. The Kier molecular flexibility index (Phi) is 5.79. The van der Waals surface area contributed by atoms with Crippen LogP contribution in [0.2, 0.25) is 5.02 Å². The van der Waals surface area contributed by atoms with Gasteiger partial charge in [-0.1, -0.05) is 53.7 Å². The molecule has 0 aliphatic heterocycles. The Balaban J connectivity index is 1.49. The molecule has 0 aliphatic carbocycles. The van der Waals surface area contributed by atoms with Crippen LogP contribution in [-0.2, 0) is 11.2 Å². The number of amides is 1. The third-order valence-electron chi connectivity index (χ3n) is 4.47. The van der Waals surface area contributed by atoms with Crippen LogP contribution in [-0.4, -0.2) is 16.0 Å². The molecule has 1 heterocycles. The molecule has 4 rings (SSSR count). The Morgan fingerprint density at radius 3 is 2.50 bits per heavy atom. The quantitative estimate of drug-likeness (QED) is 0.400. The number of rotatable bonds is 5. The minimum Gasteiger partial charge on any atom is -0.506 e. The first-order valence-electron chi connectivity index (χ1n) is 9.16. The molecule has 1 aromatic heterocycles. The maximum atomic E-state index is 12.4. The molecule has 3 N–H and O–H groups in total. The Hall–Kier alpha value is -3.22. The number of pyridine rings is 1. The van der Waals surface area contributed by atoms with Gasteiger partial charge in [0.25, 0.3) is 5.56 Å². The van der Waals surface area contributed by atoms with Crippen molar-refractivity contribution in [1.29, 1.82) is 0 Å². The average Bonchev–Trinajstić information content (AvgIpc) is 2.73. The van der Waals surface area contributed by atoms with Crippen molar-refractivity contribution >= 4 is 45.9 Å². The van der Waals surface area contributed by atoms with Crippen LogP contribution >= 0.6 is 23.4 Å². The summed E-state index contributed by atoms with van der Waals surface area (Å²) in [6.07, 6.45) is 0.293. The molecule has 30 heavy (non-hydrogen) atoms. The number of nitrogens with one attached hydrogen (secondary N) is 2. The van der Waals surface area contributed by atoms with Gasteiger partial charge in [0.2, 0.25) is 5.91 Å². The number of benzene rings is 3. The van der Waals surface area contributed by atoms with Crippen LogP contribution in [0.1, 0.15) is 5.56 Å². The number of aromatic amines is 1. The van der Waals surface area contributed by atoms with E-state index in [0.29, 0.717) is 28.0 Å². The van der Waals surface area contributed by atoms with E-state index in [-0.39, 0.29) is 16.6 Å². The zero-order chi connectivity index (χ0) is 21.1. The second-order valence-electron chi connectivity index (χ2n) is 6.66. The first-order chi connectivity index (χ1) is 14.5. The van der Waals surface area contributed by atoms with E-state index >= 15 is 0 Å². The van der Waals surface area contributed by atoms with Gasteiger partial charge in [-0.05, 0) is 48.0 Å². The first kappa shape index (κ1) is 20.1. The van der Waals surface area contributed by atoms with Crippen molar-refractivity contribution in [2.45, 2.75) is 16.2 Å². The van der Waals surface area contributed by atoms with Gasteiger partial charge in [0.1, 0.15) is 10.6 Å². The molecule has 4 aromatic rings. The highest BCUT2D eigenvalue weighted by Gasteiger charge is 2.14. The molecular weight excluding hydrogens is 420 g/mol. The number of hydrogen-bond donors (Lipinski definition) is 3. The number of aromatic nitrogens is 1. The predicted octanol–water partition coefficient (Wildman–Crippen LogP) is 5.22. The number of carbonyl (C=O) groups excluding carboxylic acids is 1. The van der Waals surface area contributed by atoms with Crippen LogP contribution < -0.4 is 10.9 Å². The number of aromatic hydroxyl groups is 1. The molecule has 0 radical (unpaired) electrons. The van der Waals surface area contributed by atoms with Gasteiger partial charge in [-0.25, -0.2) is 0 Å². The van der Waals surface area contributed by atoms with E-state index in [1.807, 2.05) is 30.3 Å². The number of H-pyrrole nitrogens is 1. The van der Waals surface area contributed by atoms with E-state index < -0.39 is 5.56 Å². The van der Waals surface area contributed by atoms with Gasteiger partial charge in [0, 0.05) is 21.0 Å². The normalized spacial score (nSPS) is 10.8. The van der Waals surface area contributed by atoms with Crippen LogP contribution in [0.4, 0.5) is 5.69 Å². The van der Waals surface area contributed by atoms with Crippen molar-refractivity contribution in [3.05, 3.63) is 93.7 Å². The number of anilines is 1. The average molecular weight is 437 g/mol. The van der Waals surface area contributed by atoms with Gasteiger partial charge in [-0.3, -0.25) is 9.59 Å². The van der Waals surface area contributed by atoms with E-state index in [1.165, 1.54) is 0 Å². The summed E-state index contributed by atoms with van der Waals surface area (Å²) < 4.78 is 0.